The Balaban J connectivity index is 2.83. The molecule has 2 N–H and O–H groups in total. The smallest absolute Gasteiger partial charge is 0.205 e. The van der Waals surface area contributed by atoms with Crippen molar-refractivity contribution in [2.45, 2.75) is 13.8 Å². The first-order valence-electron chi connectivity index (χ1n) is 4.64. The highest BCUT2D eigenvalue weighted by molar-refractivity contribution is 5.32. The second kappa shape index (κ2) is 4.28. The Hall–Kier alpha value is -1.03. The molecule has 0 aromatic carbocycles. The first kappa shape index (κ1) is 10.1. The van der Waals surface area contributed by atoms with Gasteiger partial charge in [-0.25, -0.2) is 4.98 Å². The van der Waals surface area contributed by atoms with Crippen molar-refractivity contribution >= 4 is 5.95 Å². The van der Waals surface area contributed by atoms with Gasteiger partial charge in [0, 0.05) is 32.9 Å². The van der Waals surface area contributed by atoms with Crippen molar-refractivity contribution in [2.75, 3.05) is 24.5 Å². The number of rotatable bonds is 4. The van der Waals surface area contributed by atoms with Gasteiger partial charge in [-0.05, 0) is 13.8 Å². The van der Waals surface area contributed by atoms with Crippen molar-refractivity contribution < 1.29 is 0 Å². The lowest BCUT2D eigenvalue weighted by atomic mass is 10.5. The highest BCUT2D eigenvalue weighted by Gasteiger charge is 2.08. The average Bonchev–Trinajstić information content (AvgIpc) is 2.41. The van der Waals surface area contributed by atoms with E-state index in [1.54, 1.807) is 0 Å². The second-order valence-electron chi connectivity index (χ2n) is 3.16. The van der Waals surface area contributed by atoms with Gasteiger partial charge in [0.05, 0.1) is 5.69 Å². The Bertz CT molecular complexity index is 267. The number of hydrogen-bond donors (Lipinski definition) is 1. The van der Waals surface area contributed by atoms with Crippen LogP contribution in [0.1, 0.15) is 12.6 Å². The molecule has 13 heavy (non-hydrogen) atoms. The molecule has 1 aromatic heterocycles. The summed E-state index contributed by atoms with van der Waals surface area (Å²) in [5.74, 6) is 1.01. The molecule has 74 valence electrons. The Kier molecular flexibility index (Phi) is 3.31. The van der Waals surface area contributed by atoms with Gasteiger partial charge in [-0.15, -0.1) is 0 Å². The minimum absolute atomic E-state index is 0.666. The number of hydrogen-bond acceptors (Lipinski definition) is 3. The summed E-state index contributed by atoms with van der Waals surface area (Å²) < 4.78 is 2.04. The van der Waals surface area contributed by atoms with Crippen LogP contribution < -0.4 is 10.6 Å². The summed E-state index contributed by atoms with van der Waals surface area (Å²) in [5, 5.41) is 0. The summed E-state index contributed by atoms with van der Waals surface area (Å²) >= 11 is 0. The summed E-state index contributed by atoms with van der Waals surface area (Å²) in [7, 11) is 2.01. The third-order valence-corrected chi connectivity index (χ3v) is 2.04. The van der Waals surface area contributed by atoms with Crippen molar-refractivity contribution in [3.8, 4) is 0 Å². The van der Waals surface area contributed by atoms with Crippen LogP contribution in [0.5, 0.6) is 0 Å². The quantitative estimate of drug-likeness (QED) is 0.738. The van der Waals surface area contributed by atoms with E-state index < -0.39 is 0 Å². The van der Waals surface area contributed by atoms with E-state index in [0.717, 1.165) is 24.7 Å². The number of nitrogens with zero attached hydrogens (tertiary/aromatic N) is 3. The first-order valence-corrected chi connectivity index (χ1v) is 4.64. The van der Waals surface area contributed by atoms with E-state index in [0.29, 0.717) is 6.54 Å². The molecule has 0 amide bonds. The maximum Gasteiger partial charge on any atom is 0.205 e. The first-order chi connectivity index (χ1) is 6.19. The standard InChI is InChI=1S/C9H18N4/c1-4-13(6-5-10)9-11-8(2)7-12(9)3/h7H,4-6,10H2,1-3H3. The molecule has 4 heteroatoms. The van der Waals surface area contributed by atoms with E-state index >= 15 is 0 Å². The van der Waals surface area contributed by atoms with E-state index in [-0.39, 0.29) is 0 Å². The minimum Gasteiger partial charge on any atom is -0.341 e. The van der Waals surface area contributed by atoms with Gasteiger partial charge >= 0.3 is 0 Å². The van der Waals surface area contributed by atoms with Gasteiger partial charge in [-0.1, -0.05) is 0 Å². The highest BCUT2D eigenvalue weighted by atomic mass is 15.3. The van der Waals surface area contributed by atoms with Crippen molar-refractivity contribution in [1.82, 2.24) is 9.55 Å². The number of nitrogens with two attached hydrogens (primary N) is 1. The van der Waals surface area contributed by atoms with E-state index in [4.69, 9.17) is 5.73 Å². The molecule has 0 atom stereocenters. The topological polar surface area (TPSA) is 47.1 Å². The molecular formula is C9H18N4. The Labute approximate surface area is 79.4 Å². The third kappa shape index (κ3) is 2.21. The van der Waals surface area contributed by atoms with Crippen LogP contribution in [0, 0.1) is 6.92 Å². The lowest BCUT2D eigenvalue weighted by molar-refractivity contribution is 0.750. The minimum atomic E-state index is 0.666. The number of likely N-dealkylation sites (N-methyl/N-ethyl adjacent to an activating group) is 1. The number of imidazole rings is 1. The van der Waals surface area contributed by atoms with Gasteiger partial charge < -0.3 is 15.2 Å². The fourth-order valence-electron chi connectivity index (χ4n) is 1.45. The molecule has 0 saturated carbocycles. The molecule has 0 bridgehead atoms. The van der Waals surface area contributed by atoms with Crippen molar-refractivity contribution in [3.63, 3.8) is 0 Å². The average molecular weight is 182 g/mol. The highest BCUT2D eigenvalue weighted by Crippen LogP contribution is 2.11. The largest absolute Gasteiger partial charge is 0.341 e. The maximum atomic E-state index is 5.52. The molecule has 0 radical (unpaired) electrons. The summed E-state index contributed by atoms with van der Waals surface area (Å²) in [6, 6.07) is 0. The van der Waals surface area contributed by atoms with E-state index in [2.05, 4.69) is 16.8 Å². The van der Waals surface area contributed by atoms with Crippen molar-refractivity contribution in [2.24, 2.45) is 12.8 Å². The van der Waals surface area contributed by atoms with Gasteiger partial charge in [-0.3, -0.25) is 0 Å². The van der Waals surface area contributed by atoms with Gasteiger partial charge in [0.25, 0.3) is 0 Å². The predicted molar refractivity (Wildman–Crippen MR) is 54.9 cm³/mol. The molecule has 1 aromatic rings. The SMILES string of the molecule is CCN(CCN)c1nc(C)cn1C. The van der Waals surface area contributed by atoms with E-state index in [9.17, 15) is 0 Å². The van der Waals surface area contributed by atoms with Crippen LogP contribution in [0.3, 0.4) is 0 Å². The molecule has 0 spiro atoms. The Morgan fingerprint density at radius 2 is 2.31 bits per heavy atom. The van der Waals surface area contributed by atoms with Crippen molar-refractivity contribution in [3.05, 3.63) is 11.9 Å². The zero-order chi connectivity index (χ0) is 9.84. The molecule has 0 aliphatic rings. The summed E-state index contributed by atoms with van der Waals surface area (Å²) in [5.41, 5.74) is 6.57. The number of aryl methyl sites for hydroxylation is 2. The van der Waals surface area contributed by atoms with Crippen molar-refractivity contribution in [1.29, 1.82) is 0 Å². The van der Waals surface area contributed by atoms with Crippen LogP contribution in [0.2, 0.25) is 0 Å². The van der Waals surface area contributed by atoms with Crippen LogP contribution in [0.25, 0.3) is 0 Å². The van der Waals surface area contributed by atoms with Gasteiger partial charge in [0.15, 0.2) is 0 Å². The molecule has 0 unspecified atom stereocenters. The molecule has 1 rings (SSSR count). The normalized spacial score (nSPS) is 10.5. The van der Waals surface area contributed by atoms with E-state index in [1.165, 1.54) is 0 Å². The molecule has 0 saturated heterocycles. The van der Waals surface area contributed by atoms with E-state index in [1.807, 2.05) is 24.7 Å². The lowest BCUT2D eigenvalue weighted by Crippen LogP contribution is -2.31. The summed E-state index contributed by atoms with van der Waals surface area (Å²) in [6.07, 6.45) is 2.02. The zero-order valence-electron chi connectivity index (χ0n) is 8.62. The molecule has 4 nitrogen and oxygen atoms in total. The summed E-state index contributed by atoms with van der Waals surface area (Å²) in [4.78, 5) is 6.61. The zero-order valence-corrected chi connectivity index (χ0v) is 8.62. The van der Waals surface area contributed by atoms with Crippen LogP contribution in [0.15, 0.2) is 6.20 Å². The second-order valence-corrected chi connectivity index (χ2v) is 3.16. The summed E-state index contributed by atoms with van der Waals surface area (Å²) in [6.45, 7) is 6.58. The number of anilines is 1. The van der Waals surface area contributed by atoms with Crippen LogP contribution in [0.4, 0.5) is 5.95 Å². The monoisotopic (exact) mass is 182 g/mol. The Morgan fingerprint density at radius 3 is 2.69 bits per heavy atom. The molecule has 0 fully saturated rings. The number of aromatic nitrogens is 2. The van der Waals surface area contributed by atoms with Gasteiger partial charge in [0.2, 0.25) is 5.95 Å². The van der Waals surface area contributed by atoms with Crippen LogP contribution >= 0.6 is 0 Å². The molecule has 1 heterocycles. The lowest BCUT2D eigenvalue weighted by Gasteiger charge is -2.20. The maximum absolute atomic E-state index is 5.52. The fourth-order valence-corrected chi connectivity index (χ4v) is 1.45. The van der Waals surface area contributed by atoms with Crippen LogP contribution in [-0.2, 0) is 7.05 Å². The fraction of sp³-hybridized carbons (Fsp3) is 0.667. The van der Waals surface area contributed by atoms with Gasteiger partial charge in [0.1, 0.15) is 0 Å². The Morgan fingerprint density at radius 1 is 1.62 bits per heavy atom. The predicted octanol–water partition coefficient (Wildman–Crippen LogP) is 0.514. The molecule has 0 aliphatic carbocycles. The van der Waals surface area contributed by atoms with Gasteiger partial charge in [-0.2, -0.15) is 0 Å². The molecule has 0 aliphatic heterocycles. The third-order valence-electron chi connectivity index (χ3n) is 2.04. The van der Waals surface area contributed by atoms with Crippen LogP contribution in [-0.4, -0.2) is 29.2 Å². The molecular weight excluding hydrogens is 164 g/mol.